The number of anilines is 1. The molecule has 0 aliphatic heterocycles. The Hall–Kier alpha value is -1.37. The van der Waals surface area contributed by atoms with Gasteiger partial charge in [0.1, 0.15) is 5.00 Å². The molecule has 116 valence electrons. The van der Waals surface area contributed by atoms with E-state index in [1.165, 1.54) is 27.6 Å². The third-order valence-corrected chi connectivity index (χ3v) is 6.07. The molecule has 3 N–H and O–H groups in total. The van der Waals surface area contributed by atoms with Gasteiger partial charge in [-0.15, -0.1) is 22.7 Å². The molecular weight excluding hydrogens is 340 g/mol. The molecule has 0 fully saturated rings. The van der Waals surface area contributed by atoms with Crippen LogP contribution < -0.4 is 11.1 Å². The van der Waals surface area contributed by atoms with E-state index >= 15 is 0 Å². The van der Waals surface area contributed by atoms with Crippen LogP contribution >= 0.6 is 34.3 Å². The molecule has 0 unspecified atom stereocenters. The van der Waals surface area contributed by atoms with E-state index in [4.69, 9.17) is 17.3 Å². The summed E-state index contributed by atoms with van der Waals surface area (Å²) >= 11 is 8.73. The number of carbonyl (C=O) groups is 2. The predicted molar refractivity (Wildman–Crippen MR) is 91.1 cm³/mol. The van der Waals surface area contributed by atoms with Crippen molar-refractivity contribution in [3.8, 4) is 0 Å². The van der Waals surface area contributed by atoms with E-state index in [2.05, 4.69) is 5.32 Å². The van der Waals surface area contributed by atoms with Crippen molar-refractivity contribution in [2.45, 2.75) is 32.1 Å². The summed E-state index contributed by atoms with van der Waals surface area (Å²) in [4.78, 5) is 26.0. The van der Waals surface area contributed by atoms with Gasteiger partial charge in [-0.2, -0.15) is 0 Å². The van der Waals surface area contributed by atoms with E-state index in [-0.39, 0.29) is 12.3 Å². The molecule has 2 aromatic rings. The average molecular weight is 355 g/mol. The minimum atomic E-state index is -0.464. The molecule has 7 heteroatoms. The molecule has 0 radical (unpaired) electrons. The zero-order valence-corrected chi connectivity index (χ0v) is 14.2. The summed E-state index contributed by atoms with van der Waals surface area (Å²) in [5, 5.41) is 3.44. The van der Waals surface area contributed by atoms with E-state index in [9.17, 15) is 9.59 Å². The molecule has 2 aromatic heterocycles. The molecule has 0 aromatic carbocycles. The van der Waals surface area contributed by atoms with Crippen LogP contribution in [0.1, 0.15) is 38.5 Å². The smallest absolute Gasteiger partial charge is 0.251 e. The molecule has 4 nitrogen and oxygen atoms in total. The Labute approximate surface area is 141 Å². The largest absolute Gasteiger partial charge is 0.365 e. The lowest BCUT2D eigenvalue weighted by Crippen LogP contribution is -2.19. The van der Waals surface area contributed by atoms with Crippen LogP contribution in [-0.2, 0) is 24.1 Å². The number of aryl methyl sites for hydroxylation is 1. The van der Waals surface area contributed by atoms with Gasteiger partial charge < -0.3 is 11.1 Å². The summed E-state index contributed by atoms with van der Waals surface area (Å²) in [5.41, 5.74) is 7.04. The Bertz CT molecular complexity index is 736. The predicted octanol–water partition coefficient (Wildman–Crippen LogP) is 3.62. The van der Waals surface area contributed by atoms with Crippen molar-refractivity contribution in [2.24, 2.45) is 5.73 Å². The van der Waals surface area contributed by atoms with Gasteiger partial charge >= 0.3 is 0 Å². The van der Waals surface area contributed by atoms with Gasteiger partial charge in [0.2, 0.25) is 5.91 Å². The molecular formula is C15H15ClN2O2S2. The van der Waals surface area contributed by atoms with Gasteiger partial charge in [-0.3, -0.25) is 9.59 Å². The standard InChI is InChI=1S/C15H15ClN2O2S2/c16-11-6-5-8(21-11)7-12(19)18-15-13(14(17)20)9-3-1-2-4-10(9)22-15/h5-6H,1-4,7H2,(H2,17,20)(H,18,19). The second-order valence-electron chi connectivity index (χ2n) is 5.21. The van der Waals surface area contributed by atoms with Crippen LogP contribution in [0.25, 0.3) is 0 Å². The Morgan fingerprint density at radius 2 is 2.00 bits per heavy atom. The summed E-state index contributed by atoms with van der Waals surface area (Å²) in [6.45, 7) is 0. The first kappa shape index (κ1) is 15.5. The topological polar surface area (TPSA) is 72.2 Å². The molecule has 0 atom stereocenters. The number of halogens is 1. The molecule has 0 saturated heterocycles. The fourth-order valence-corrected chi connectivity index (χ4v) is 5.09. The second-order valence-corrected chi connectivity index (χ2v) is 8.11. The first-order valence-corrected chi connectivity index (χ1v) is 9.04. The van der Waals surface area contributed by atoms with Crippen molar-refractivity contribution >= 4 is 51.1 Å². The second kappa shape index (κ2) is 6.40. The highest BCUT2D eigenvalue weighted by molar-refractivity contribution is 7.17. The molecule has 2 heterocycles. The van der Waals surface area contributed by atoms with Crippen molar-refractivity contribution in [3.05, 3.63) is 37.4 Å². The minimum Gasteiger partial charge on any atom is -0.365 e. The van der Waals surface area contributed by atoms with Crippen molar-refractivity contribution in [2.75, 3.05) is 5.32 Å². The number of carbonyl (C=O) groups excluding carboxylic acids is 2. The van der Waals surface area contributed by atoms with E-state index < -0.39 is 5.91 Å². The van der Waals surface area contributed by atoms with E-state index in [0.29, 0.717) is 14.9 Å². The Morgan fingerprint density at radius 1 is 1.23 bits per heavy atom. The molecule has 0 spiro atoms. The number of amides is 2. The fourth-order valence-electron chi connectivity index (χ4n) is 2.69. The van der Waals surface area contributed by atoms with Gasteiger partial charge in [0.05, 0.1) is 16.3 Å². The van der Waals surface area contributed by atoms with Crippen LogP contribution in [0.3, 0.4) is 0 Å². The minimum absolute atomic E-state index is 0.153. The lowest BCUT2D eigenvalue weighted by Gasteiger charge is -2.11. The van der Waals surface area contributed by atoms with Crippen LogP contribution in [0.5, 0.6) is 0 Å². The zero-order chi connectivity index (χ0) is 15.7. The Kier molecular flexibility index (Phi) is 4.52. The zero-order valence-electron chi connectivity index (χ0n) is 11.8. The number of hydrogen-bond acceptors (Lipinski definition) is 4. The maximum atomic E-state index is 12.2. The number of primary amides is 1. The van der Waals surface area contributed by atoms with Crippen LogP contribution in [0.2, 0.25) is 4.34 Å². The van der Waals surface area contributed by atoms with Crippen LogP contribution in [0.4, 0.5) is 5.00 Å². The SMILES string of the molecule is NC(=O)c1c(NC(=O)Cc2ccc(Cl)s2)sc2c1CCCC2. The average Bonchev–Trinajstić information content (AvgIpc) is 3.01. The number of rotatable bonds is 4. The van der Waals surface area contributed by atoms with E-state index in [0.717, 1.165) is 36.1 Å². The molecule has 22 heavy (non-hydrogen) atoms. The summed E-state index contributed by atoms with van der Waals surface area (Å²) in [6, 6.07) is 3.61. The number of nitrogens with one attached hydrogen (secondary N) is 1. The first-order valence-electron chi connectivity index (χ1n) is 7.03. The quantitative estimate of drug-likeness (QED) is 0.880. The van der Waals surface area contributed by atoms with Gasteiger partial charge in [0.25, 0.3) is 5.91 Å². The Balaban J connectivity index is 1.81. The van der Waals surface area contributed by atoms with Gasteiger partial charge in [0.15, 0.2) is 0 Å². The number of nitrogens with two attached hydrogens (primary N) is 1. The third-order valence-electron chi connectivity index (χ3n) is 3.63. The molecule has 1 aliphatic rings. The highest BCUT2D eigenvalue weighted by Crippen LogP contribution is 2.38. The van der Waals surface area contributed by atoms with Crippen molar-refractivity contribution in [1.82, 2.24) is 0 Å². The van der Waals surface area contributed by atoms with Crippen LogP contribution in [0, 0.1) is 0 Å². The van der Waals surface area contributed by atoms with E-state index in [1.807, 2.05) is 6.07 Å². The highest BCUT2D eigenvalue weighted by atomic mass is 35.5. The van der Waals surface area contributed by atoms with Gasteiger partial charge in [-0.1, -0.05) is 11.6 Å². The summed E-state index contributed by atoms with van der Waals surface area (Å²) < 4.78 is 0.659. The highest BCUT2D eigenvalue weighted by Gasteiger charge is 2.24. The van der Waals surface area contributed by atoms with Crippen molar-refractivity contribution in [3.63, 3.8) is 0 Å². The molecule has 2 amide bonds. The number of fused-ring (bicyclic) bond motifs is 1. The monoisotopic (exact) mass is 354 g/mol. The number of hydrogen-bond donors (Lipinski definition) is 2. The first-order chi connectivity index (χ1) is 10.5. The fraction of sp³-hybridized carbons (Fsp3) is 0.333. The summed E-state index contributed by atoms with van der Waals surface area (Å²) in [5.74, 6) is -0.617. The van der Waals surface area contributed by atoms with Crippen molar-refractivity contribution < 1.29 is 9.59 Å². The lowest BCUT2D eigenvalue weighted by molar-refractivity contribution is -0.115. The summed E-state index contributed by atoms with van der Waals surface area (Å²) in [6.07, 6.45) is 4.24. The van der Waals surface area contributed by atoms with Gasteiger partial charge in [-0.05, 0) is 43.4 Å². The maximum absolute atomic E-state index is 12.2. The molecule has 3 rings (SSSR count). The van der Waals surface area contributed by atoms with Crippen molar-refractivity contribution in [1.29, 1.82) is 0 Å². The van der Waals surface area contributed by atoms with Gasteiger partial charge in [0, 0.05) is 9.75 Å². The third kappa shape index (κ3) is 3.19. The summed E-state index contributed by atoms with van der Waals surface area (Å²) in [7, 11) is 0. The lowest BCUT2D eigenvalue weighted by atomic mass is 9.95. The van der Waals surface area contributed by atoms with Crippen LogP contribution in [0.15, 0.2) is 12.1 Å². The number of thiophene rings is 2. The maximum Gasteiger partial charge on any atom is 0.251 e. The van der Waals surface area contributed by atoms with E-state index in [1.54, 1.807) is 6.07 Å². The van der Waals surface area contributed by atoms with Gasteiger partial charge in [-0.25, -0.2) is 0 Å². The molecule has 0 bridgehead atoms. The normalized spacial score (nSPS) is 13.7. The molecule has 0 saturated carbocycles. The molecule has 1 aliphatic carbocycles. The Morgan fingerprint density at radius 3 is 2.68 bits per heavy atom. The van der Waals surface area contributed by atoms with Crippen LogP contribution in [-0.4, -0.2) is 11.8 Å².